The summed E-state index contributed by atoms with van der Waals surface area (Å²) in [5.41, 5.74) is 0. The molecule has 10 nitrogen and oxygen atoms in total. The zero-order valence-corrected chi connectivity index (χ0v) is 14.7. The number of ether oxygens (including phenoxy) is 4. The third-order valence-electron chi connectivity index (χ3n) is 2.42. The van der Waals surface area contributed by atoms with Gasteiger partial charge in [-0.1, -0.05) is 0 Å². The van der Waals surface area contributed by atoms with Crippen LogP contribution in [0, 0.1) is 0 Å². The molecule has 3 N–H and O–H groups in total. The molecule has 0 atom stereocenters. The average Bonchev–Trinajstić information content (AvgIpc) is 2.59. The molecule has 0 aromatic heterocycles. The molecule has 0 radical (unpaired) electrons. The van der Waals surface area contributed by atoms with Crippen molar-refractivity contribution in [3.8, 4) is 0 Å². The van der Waals surface area contributed by atoms with E-state index in [2.05, 4.69) is 0 Å². The fourth-order valence-corrected chi connectivity index (χ4v) is 2.31. The Kier molecular flexibility index (Phi) is 17.6. The van der Waals surface area contributed by atoms with Crippen LogP contribution in [-0.2, 0) is 32.6 Å². The van der Waals surface area contributed by atoms with Crippen molar-refractivity contribution in [1.82, 2.24) is 0 Å². The summed E-state index contributed by atoms with van der Waals surface area (Å²) >= 11 is 0. The number of aliphatic hydroxyl groups excluding tert-OH is 3. The largest absolute Gasteiger partial charge is 0.394 e. The summed E-state index contributed by atoms with van der Waals surface area (Å²) in [7, 11) is -3.57. The van der Waals surface area contributed by atoms with E-state index in [4.69, 9.17) is 43.3 Å². The second-order valence-electron chi connectivity index (χ2n) is 4.32. The summed E-state index contributed by atoms with van der Waals surface area (Å²) in [6.45, 7) is 2.11. The van der Waals surface area contributed by atoms with Gasteiger partial charge < -0.3 is 43.3 Å². The van der Waals surface area contributed by atoms with E-state index in [1.165, 1.54) is 0 Å². The van der Waals surface area contributed by atoms with E-state index in [1.807, 2.05) is 0 Å². The lowest BCUT2D eigenvalue weighted by molar-refractivity contribution is 0.0160. The molecule has 0 rings (SSSR count). The molecule has 0 fully saturated rings. The Labute approximate surface area is 142 Å². The molecule has 0 aliphatic heterocycles. The van der Waals surface area contributed by atoms with Gasteiger partial charge in [-0.05, 0) is 0 Å². The van der Waals surface area contributed by atoms with Crippen LogP contribution in [0.2, 0.25) is 0 Å². The van der Waals surface area contributed by atoms with Crippen LogP contribution < -0.4 is 0 Å². The summed E-state index contributed by atoms with van der Waals surface area (Å²) in [6.07, 6.45) is -0.730. The highest BCUT2D eigenvalue weighted by molar-refractivity contribution is 7.53. The quantitative estimate of drug-likeness (QED) is 0.195. The van der Waals surface area contributed by atoms with Gasteiger partial charge in [-0.3, -0.25) is 4.57 Å². The predicted octanol–water partition coefficient (Wildman–Crippen LogP) is -0.786. The topological polar surface area (TPSA) is 133 Å². The molecule has 0 aliphatic carbocycles. The van der Waals surface area contributed by atoms with Crippen molar-refractivity contribution in [3.63, 3.8) is 0 Å². The van der Waals surface area contributed by atoms with Crippen LogP contribution in [0.3, 0.4) is 0 Å². The number of hydrogen-bond donors (Lipinski definition) is 3. The number of aliphatic hydroxyl groups is 3. The molecule has 11 heteroatoms. The van der Waals surface area contributed by atoms with Gasteiger partial charge in [0.15, 0.2) is 0 Å². The standard InChI is InChI=1S/C13H29O10P/c14-1-3-18-5-7-20-9-11-22-24(17,13-16)23-12-10-21-8-6-19-4-2-15/h14-16H,1-13H2. The van der Waals surface area contributed by atoms with E-state index >= 15 is 0 Å². The Balaban J connectivity index is 3.53. The van der Waals surface area contributed by atoms with Gasteiger partial charge in [0.1, 0.15) is 6.35 Å². The Morgan fingerprint density at radius 1 is 0.542 bits per heavy atom. The van der Waals surface area contributed by atoms with Crippen LogP contribution in [0.15, 0.2) is 0 Å². The van der Waals surface area contributed by atoms with Crippen LogP contribution in [-0.4, -0.2) is 101 Å². The van der Waals surface area contributed by atoms with Crippen molar-refractivity contribution < 1.29 is 47.9 Å². The van der Waals surface area contributed by atoms with Crippen LogP contribution in [0.1, 0.15) is 0 Å². The van der Waals surface area contributed by atoms with E-state index in [9.17, 15) is 4.57 Å². The maximum Gasteiger partial charge on any atom is 0.355 e. The van der Waals surface area contributed by atoms with Crippen molar-refractivity contribution in [2.24, 2.45) is 0 Å². The van der Waals surface area contributed by atoms with E-state index in [-0.39, 0.29) is 52.9 Å². The zero-order chi connectivity index (χ0) is 17.9. The molecule has 146 valence electrons. The highest BCUT2D eigenvalue weighted by Crippen LogP contribution is 2.46. The van der Waals surface area contributed by atoms with E-state index in [1.54, 1.807) is 0 Å². The van der Waals surface area contributed by atoms with Crippen molar-refractivity contribution in [2.75, 3.05) is 85.6 Å². The molecule has 0 saturated carbocycles. The molecule has 0 saturated heterocycles. The van der Waals surface area contributed by atoms with Gasteiger partial charge in [-0.15, -0.1) is 0 Å². The second-order valence-corrected chi connectivity index (χ2v) is 6.34. The lowest BCUT2D eigenvalue weighted by atomic mass is 10.7. The third-order valence-corrected chi connectivity index (χ3v) is 3.92. The summed E-state index contributed by atoms with van der Waals surface area (Å²) in [5, 5.41) is 26.1. The predicted molar refractivity (Wildman–Crippen MR) is 84.0 cm³/mol. The van der Waals surface area contributed by atoms with Gasteiger partial charge in [-0.25, -0.2) is 0 Å². The Morgan fingerprint density at radius 2 is 0.875 bits per heavy atom. The van der Waals surface area contributed by atoms with E-state index in [0.29, 0.717) is 26.4 Å². The normalized spacial score (nSPS) is 12.0. The molecule has 0 spiro atoms. The zero-order valence-electron chi connectivity index (χ0n) is 13.8. The first-order valence-corrected chi connectivity index (χ1v) is 9.43. The minimum atomic E-state index is -3.57. The summed E-state index contributed by atoms with van der Waals surface area (Å²) < 4.78 is 42.4. The monoisotopic (exact) mass is 376 g/mol. The Bertz CT molecular complexity index is 280. The second kappa shape index (κ2) is 17.7. The van der Waals surface area contributed by atoms with Gasteiger partial charge in [-0.2, -0.15) is 0 Å². The van der Waals surface area contributed by atoms with E-state index < -0.39 is 13.9 Å². The lowest BCUT2D eigenvalue weighted by Crippen LogP contribution is -2.13. The van der Waals surface area contributed by atoms with Crippen LogP contribution in [0.4, 0.5) is 0 Å². The van der Waals surface area contributed by atoms with E-state index in [0.717, 1.165) is 0 Å². The number of rotatable bonds is 19. The SMILES string of the molecule is O=P(CO)(OCCOCCOCCO)OCCOCCOCCO. The first-order chi connectivity index (χ1) is 11.7. The fourth-order valence-electron chi connectivity index (χ4n) is 1.36. The molecule has 24 heavy (non-hydrogen) atoms. The third kappa shape index (κ3) is 15.4. The van der Waals surface area contributed by atoms with Gasteiger partial charge in [0.05, 0.1) is 79.3 Å². The minimum Gasteiger partial charge on any atom is -0.394 e. The maximum atomic E-state index is 12.0. The van der Waals surface area contributed by atoms with Crippen molar-refractivity contribution in [2.45, 2.75) is 0 Å². The van der Waals surface area contributed by atoms with Crippen LogP contribution in [0.5, 0.6) is 0 Å². The molecule has 0 bridgehead atoms. The van der Waals surface area contributed by atoms with Crippen molar-refractivity contribution in [3.05, 3.63) is 0 Å². The first kappa shape index (κ1) is 23.9. The highest BCUT2D eigenvalue weighted by Gasteiger charge is 2.23. The van der Waals surface area contributed by atoms with Crippen LogP contribution in [0.25, 0.3) is 0 Å². The maximum absolute atomic E-state index is 12.0. The van der Waals surface area contributed by atoms with Crippen molar-refractivity contribution in [1.29, 1.82) is 0 Å². The molecule has 0 amide bonds. The summed E-state index contributed by atoms with van der Waals surface area (Å²) in [4.78, 5) is 0. The molecular formula is C13H29O10P. The Morgan fingerprint density at radius 3 is 1.21 bits per heavy atom. The Hall–Kier alpha value is -0.130. The molecule has 0 aliphatic rings. The van der Waals surface area contributed by atoms with Crippen LogP contribution >= 0.6 is 7.60 Å². The molecule has 0 unspecified atom stereocenters. The minimum absolute atomic E-state index is 0.00763. The smallest absolute Gasteiger partial charge is 0.355 e. The van der Waals surface area contributed by atoms with Gasteiger partial charge in [0, 0.05) is 0 Å². The van der Waals surface area contributed by atoms with Gasteiger partial charge in [0.25, 0.3) is 0 Å². The highest BCUT2D eigenvalue weighted by atomic mass is 31.2. The molecular weight excluding hydrogens is 347 g/mol. The van der Waals surface area contributed by atoms with Gasteiger partial charge in [0.2, 0.25) is 0 Å². The summed E-state index contributed by atoms with van der Waals surface area (Å²) in [6, 6.07) is 0. The molecule has 0 aromatic rings. The van der Waals surface area contributed by atoms with Crippen molar-refractivity contribution >= 4 is 7.60 Å². The fraction of sp³-hybridized carbons (Fsp3) is 1.00. The average molecular weight is 376 g/mol. The number of hydrogen-bond acceptors (Lipinski definition) is 10. The lowest BCUT2D eigenvalue weighted by Gasteiger charge is -2.16. The molecule has 0 heterocycles. The van der Waals surface area contributed by atoms with Gasteiger partial charge >= 0.3 is 7.60 Å². The summed E-state index contributed by atoms with van der Waals surface area (Å²) in [5.74, 6) is 0. The first-order valence-electron chi connectivity index (χ1n) is 7.70. The molecule has 0 aromatic carbocycles.